The maximum absolute atomic E-state index is 13.9. The van der Waals surface area contributed by atoms with Crippen LogP contribution >= 0.6 is 66.7 Å². The van der Waals surface area contributed by atoms with Crippen LogP contribution in [-0.4, -0.2) is 191 Å². The standard InChI is InChI=1S/C23H19BrFN5O2.C23H20BrN5O2.C23H19Cl2N5O2.C23H20ClN5O2/c1-30-11-10-26-21(30)14-2-4-15(5-3-14)22(31)28-19-8-7-17(25)12-18(19)23(32)29-20-9-6-16(24)13-27-20;1-29-13-12-25-21(29)15-6-8-16(9-7-15)22(30)27-19-5-3-2-4-18(19)23(31)28-20-11-10-17(24)14-26-20;1-30-11-10-26-21(30)14-2-4-15(5-3-14)22(31)28-19-8-6-16(24)12-18(19)23(32)29-20-9-7-17(25)13-27-20;1-29-13-12-25-21(29)15-6-8-16(9-7-15)22(30)27-19-5-3-2-4-18(19)23(31)28-20-11-10-17(24)14-26-20/h2-9,12-13H,10-11H2,1H3,(H,28,31)(H,27,29,32);2-11,14H,12-13H2,1H3,(H,27,30)(H,26,28,31);2-9,12-13H,10-11H2,1H3,(H,28,31)(H,27,29,32);2-11,14H,12-13H2,1H3,(H,27,30)(H,26,28,31). The van der Waals surface area contributed by atoms with Crippen molar-refractivity contribution in [1.29, 1.82) is 0 Å². The van der Waals surface area contributed by atoms with Crippen molar-refractivity contribution in [1.82, 2.24) is 39.5 Å². The fourth-order valence-electron chi connectivity index (χ4n) is 13.0. The summed E-state index contributed by atoms with van der Waals surface area (Å²) in [4.78, 5) is 145. The van der Waals surface area contributed by atoms with Gasteiger partial charge >= 0.3 is 0 Å². The summed E-state index contributed by atoms with van der Waals surface area (Å²) < 4.78 is 15.4. The number of carbonyl (C=O) groups is 8. The Morgan fingerprint density at radius 3 is 0.849 bits per heavy atom. The lowest BCUT2D eigenvalue weighted by Gasteiger charge is -2.14. The molecule has 8 aromatic carbocycles. The largest absolute Gasteiger partial charge is 0.358 e. The molecule has 0 fully saturated rings. The SMILES string of the molecule is CN1CCN=C1c1ccc(C(=O)Nc2ccc(Cl)cc2C(=O)Nc2ccc(Cl)cn2)cc1.CN1CCN=C1c1ccc(C(=O)Nc2ccc(F)cc2C(=O)Nc2ccc(Br)cn2)cc1.CN1CCN=C1c1ccc(C(=O)Nc2ccccc2C(=O)Nc2ccc(Br)cn2)cc1.CN1CCN=C1c1ccc(C(=O)Nc2ccccc2C(=O)Nc2ccc(Cl)cn2)cc1. The first kappa shape index (κ1) is 89.5. The Kier molecular flexibility index (Phi) is 30.0. The van der Waals surface area contributed by atoms with Gasteiger partial charge in [-0.05, 0) is 190 Å². The van der Waals surface area contributed by atoms with E-state index in [0.29, 0.717) is 88.8 Å². The number of aliphatic imine (C=N–C) groups is 4. The molecule has 8 N–H and O–H groups in total. The molecule has 8 amide bonds. The minimum absolute atomic E-state index is 0.0124. The Hall–Kier alpha value is -14.2. The smallest absolute Gasteiger partial charge is 0.259 e. The number of aromatic nitrogens is 4. The molecule has 16 rings (SSSR count). The molecule has 0 aliphatic carbocycles. The second-order valence-corrected chi connectivity index (χ2v) is 31.5. The fraction of sp³-hybridized carbons (Fsp3) is 0.130. The number of para-hydroxylation sites is 2. The zero-order valence-corrected chi connectivity index (χ0v) is 73.2. The van der Waals surface area contributed by atoms with Gasteiger partial charge in [-0.3, -0.25) is 58.3 Å². The van der Waals surface area contributed by atoms with Gasteiger partial charge in [-0.2, -0.15) is 0 Å². The number of amides is 8. The molecular formula is C92H78Br2Cl3FN20O8. The van der Waals surface area contributed by atoms with E-state index in [1.807, 2.05) is 76.7 Å². The quantitative estimate of drug-likeness (QED) is 0.0351. The van der Waals surface area contributed by atoms with Crippen LogP contribution in [-0.2, 0) is 0 Å². The summed E-state index contributed by atoms with van der Waals surface area (Å²) in [7, 11) is 7.95. The van der Waals surface area contributed by atoms with Crippen LogP contribution in [0, 0.1) is 5.82 Å². The average molecular weight is 1880 g/mol. The molecule has 0 radical (unpaired) electrons. The minimum Gasteiger partial charge on any atom is -0.358 e. The first-order valence-corrected chi connectivity index (χ1v) is 41.7. The number of pyridine rings is 4. The number of benzene rings is 8. The van der Waals surface area contributed by atoms with Crippen molar-refractivity contribution in [3.05, 3.63) is 352 Å². The molecule has 636 valence electrons. The molecule has 4 aromatic heterocycles. The zero-order valence-electron chi connectivity index (χ0n) is 67.8. The highest BCUT2D eigenvalue weighted by molar-refractivity contribution is 9.10. The zero-order chi connectivity index (χ0) is 88.9. The highest BCUT2D eigenvalue weighted by Crippen LogP contribution is 2.28. The van der Waals surface area contributed by atoms with Crippen LogP contribution in [0.5, 0.6) is 0 Å². The Morgan fingerprint density at radius 1 is 0.294 bits per heavy atom. The summed E-state index contributed by atoms with van der Waals surface area (Å²) in [6.45, 7) is 6.60. The number of anilines is 8. The van der Waals surface area contributed by atoms with Gasteiger partial charge in [0, 0.05) is 138 Å². The number of hydrogen-bond acceptors (Lipinski definition) is 20. The maximum atomic E-state index is 13.9. The molecule has 0 saturated heterocycles. The summed E-state index contributed by atoms with van der Waals surface area (Å²) in [6.07, 6.45) is 6.00. The van der Waals surface area contributed by atoms with Crippen molar-refractivity contribution in [3.8, 4) is 0 Å². The lowest BCUT2D eigenvalue weighted by atomic mass is 10.1. The number of amidine groups is 4. The van der Waals surface area contributed by atoms with Crippen LogP contribution in [0.15, 0.2) is 284 Å². The number of halogens is 6. The van der Waals surface area contributed by atoms with Gasteiger partial charge in [0.25, 0.3) is 47.3 Å². The normalized spacial score (nSPS) is 13.0. The molecule has 28 nitrogen and oxygen atoms in total. The number of likely N-dealkylation sites (N-methyl/N-ethyl adjacent to an activating group) is 4. The molecule has 126 heavy (non-hydrogen) atoms. The molecule has 0 bridgehead atoms. The maximum Gasteiger partial charge on any atom is 0.259 e. The molecule has 0 saturated carbocycles. The van der Waals surface area contributed by atoms with Crippen LogP contribution in [0.3, 0.4) is 0 Å². The number of nitrogens with one attached hydrogen (secondary N) is 8. The molecule has 34 heteroatoms. The third-order valence-corrected chi connectivity index (χ3v) is 21.1. The average Bonchev–Trinajstić information content (AvgIpc) is 0.890. The molecule has 0 atom stereocenters. The van der Waals surface area contributed by atoms with Gasteiger partial charge in [0.15, 0.2) is 0 Å². The van der Waals surface area contributed by atoms with E-state index in [-0.39, 0.29) is 46.4 Å². The van der Waals surface area contributed by atoms with Crippen LogP contribution in [0.2, 0.25) is 15.1 Å². The van der Waals surface area contributed by atoms with E-state index in [1.54, 1.807) is 164 Å². The predicted molar refractivity (Wildman–Crippen MR) is 499 cm³/mol. The van der Waals surface area contributed by atoms with Crippen molar-refractivity contribution < 1.29 is 42.7 Å². The van der Waals surface area contributed by atoms with E-state index in [4.69, 9.17) is 34.8 Å². The van der Waals surface area contributed by atoms with Gasteiger partial charge < -0.3 is 62.1 Å². The lowest BCUT2D eigenvalue weighted by molar-refractivity contribution is 0.101. The van der Waals surface area contributed by atoms with Crippen LogP contribution in [0.25, 0.3) is 0 Å². The molecule has 0 spiro atoms. The third-order valence-electron chi connectivity index (χ3n) is 19.5. The molecule has 4 aliphatic rings. The highest BCUT2D eigenvalue weighted by atomic mass is 79.9. The minimum atomic E-state index is -0.595. The van der Waals surface area contributed by atoms with Crippen molar-refractivity contribution in [3.63, 3.8) is 0 Å². The topological polar surface area (TPSA) is 347 Å². The summed E-state index contributed by atoms with van der Waals surface area (Å²) in [5.74, 6) is 1.30. The Morgan fingerprint density at radius 2 is 0.563 bits per heavy atom. The second-order valence-electron chi connectivity index (χ2n) is 28.4. The summed E-state index contributed by atoms with van der Waals surface area (Å²) in [6, 6.07) is 63.9. The number of nitrogens with zero attached hydrogens (tertiary/aromatic N) is 12. The third kappa shape index (κ3) is 23.8. The summed E-state index contributed by atoms with van der Waals surface area (Å²) in [5, 5.41) is 23.1. The fourth-order valence-corrected chi connectivity index (χ4v) is 13.8. The summed E-state index contributed by atoms with van der Waals surface area (Å²) in [5.41, 5.74) is 7.86. The number of hydrogen-bond donors (Lipinski definition) is 8. The van der Waals surface area contributed by atoms with Gasteiger partial charge in [-0.15, -0.1) is 0 Å². The van der Waals surface area contributed by atoms with Crippen LogP contribution in [0.1, 0.15) is 105 Å². The van der Waals surface area contributed by atoms with Gasteiger partial charge in [-0.1, -0.05) is 108 Å². The van der Waals surface area contributed by atoms with E-state index in [2.05, 4.69) is 134 Å². The van der Waals surface area contributed by atoms with Crippen molar-refractivity contribution in [2.75, 3.05) is 123 Å². The van der Waals surface area contributed by atoms with E-state index in [0.717, 1.165) is 113 Å². The van der Waals surface area contributed by atoms with E-state index >= 15 is 0 Å². The summed E-state index contributed by atoms with van der Waals surface area (Å²) >= 11 is 24.3. The van der Waals surface area contributed by atoms with Gasteiger partial charge in [0.2, 0.25) is 0 Å². The number of rotatable bonds is 20. The van der Waals surface area contributed by atoms with Gasteiger partial charge in [-0.25, -0.2) is 24.3 Å². The van der Waals surface area contributed by atoms with Crippen LogP contribution in [0.4, 0.5) is 50.4 Å². The number of carbonyl (C=O) groups excluding carboxylic acids is 8. The molecule has 0 unspecified atom stereocenters. The molecule has 8 heterocycles. The predicted octanol–water partition coefficient (Wildman–Crippen LogP) is 16.7. The van der Waals surface area contributed by atoms with Crippen molar-refractivity contribution in [2.24, 2.45) is 20.0 Å². The Labute approximate surface area is 755 Å². The van der Waals surface area contributed by atoms with E-state index in [9.17, 15) is 42.7 Å². The van der Waals surface area contributed by atoms with Gasteiger partial charge in [0.05, 0.1) is 81.2 Å². The lowest BCUT2D eigenvalue weighted by Crippen LogP contribution is -2.23. The second kappa shape index (κ2) is 42.2. The van der Waals surface area contributed by atoms with E-state index < -0.39 is 23.5 Å². The van der Waals surface area contributed by atoms with Crippen molar-refractivity contribution in [2.45, 2.75) is 0 Å². The van der Waals surface area contributed by atoms with Crippen molar-refractivity contribution >= 4 is 183 Å². The van der Waals surface area contributed by atoms with Gasteiger partial charge in [0.1, 0.15) is 52.4 Å². The van der Waals surface area contributed by atoms with E-state index in [1.165, 1.54) is 36.8 Å². The molecular weight excluding hydrogens is 1800 g/mol. The first-order chi connectivity index (χ1) is 60.8. The van der Waals surface area contributed by atoms with Crippen LogP contribution < -0.4 is 42.5 Å². The molecule has 4 aliphatic heterocycles. The Balaban J connectivity index is 0.000000144. The highest BCUT2D eigenvalue weighted by Gasteiger charge is 2.25. The molecule has 12 aromatic rings. The monoisotopic (exact) mass is 1870 g/mol. The first-order valence-electron chi connectivity index (χ1n) is 39.0. The Bertz CT molecular complexity index is 5810.